The average Bonchev–Trinajstić information content (AvgIpc) is 3.15. The molecule has 0 heterocycles. The van der Waals surface area contributed by atoms with E-state index >= 15 is 0 Å². The Morgan fingerprint density at radius 1 is 0.596 bits per heavy atom. The number of rotatable bonds is 8. The molecule has 2 N–H and O–H groups in total. The zero-order valence-electron chi connectivity index (χ0n) is 29.8. The van der Waals surface area contributed by atoms with E-state index in [-0.39, 0.29) is 92.8 Å². The van der Waals surface area contributed by atoms with E-state index in [1.54, 1.807) is 38.1 Å². The number of nitrogens with zero attached hydrogens (tertiary/aromatic N) is 6. The summed E-state index contributed by atoms with van der Waals surface area (Å²) in [6, 6.07) is 9.30. The number of allylic oxidation sites excluding steroid dienone is 14. The van der Waals surface area contributed by atoms with Gasteiger partial charge in [-0.15, -0.1) is 20.5 Å². The number of hydrogen-bond donors (Lipinski definition) is 2. The predicted molar refractivity (Wildman–Crippen MR) is 210 cm³/mol. The third-order valence-electron chi connectivity index (χ3n) is 8.29. The molecule has 2 atom stereocenters. The SMILES string of the molecule is CCc1cccc(N=NC2=C3C=CC(=S(=O)([O-])O)C=C3C=CC2=O)c1[N+](=O)[O-].CCc1cccc(N=NC2=C3C=CC(=S(=O)([O-])O)C=C3C=CC2=O)c1[N+](=O)[O-].[Ba+2]. The van der Waals surface area contributed by atoms with Gasteiger partial charge < -0.3 is 18.2 Å². The van der Waals surface area contributed by atoms with E-state index in [0.29, 0.717) is 46.3 Å². The molecule has 288 valence electrons. The zero-order chi connectivity index (χ0) is 40.9. The second-order valence-corrected chi connectivity index (χ2v) is 14.6. The molecule has 6 rings (SSSR count). The Kier molecular flexibility index (Phi) is 14.6. The first kappa shape index (κ1) is 44.9. The smallest absolute Gasteiger partial charge is 0.757 e. The minimum Gasteiger partial charge on any atom is -0.757 e. The molecule has 18 nitrogen and oxygen atoms in total. The van der Waals surface area contributed by atoms with Crippen LogP contribution in [0.4, 0.5) is 22.7 Å². The van der Waals surface area contributed by atoms with Crippen molar-refractivity contribution in [3.05, 3.63) is 162 Å². The summed E-state index contributed by atoms with van der Waals surface area (Å²) in [6.45, 7) is 3.55. The summed E-state index contributed by atoms with van der Waals surface area (Å²) in [6.07, 6.45) is 13.3. The van der Waals surface area contributed by atoms with Crippen LogP contribution in [0.15, 0.2) is 151 Å². The largest absolute Gasteiger partial charge is 2.00 e. The molecular formula is C36H28BaN6O12S2. The van der Waals surface area contributed by atoms with Gasteiger partial charge in [0.25, 0.3) is 11.4 Å². The summed E-state index contributed by atoms with van der Waals surface area (Å²) in [5, 5.41) is 38.4. The minimum atomic E-state index is -4.40. The molecule has 0 aliphatic heterocycles. The van der Waals surface area contributed by atoms with Gasteiger partial charge in [-0.25, -0.2) is 0 Å². The van der Waals surface area contributed by atoms with E-state index in [4.69, 9.17) is 9.11 Å². The summed E-state index contributed by atoms with van der Waals surface area (Å²) in [5.41, 5.74) is 1.75. The molecule has 0 amide bonds. The van der Waals surface area contributed by atoms with E-state index in [0.717, 1.165) is 12.2 Å². The summed E-state index contributed by atoms with van der Waals surface area (Å²) < 4.78 is 63.5. The number of ketones is 2. The minimum absolute atomic E-state index is 0. The van der Waals surface area contributed by atoms with Gasteiger partial charge in [0.15, 0.2) is 11.4 Å². The Morgan fingerprint density at radius 2 is 0.965 bits per heavy atom. The number of para-hydroxylation sites is 2. The van der Waals surface area contributed by atoms with Gasteiger partial charge in [-0.05, 0) is 72.6 Å². The van der Waals surface area contributed by atoms with Crippen LogP contribution in [0.1, 0.15) is 25.0 Å². The fraction of sp³-hybridized carbons (Fsp3) is 0.111. The number of benzene rings is 2. The molecule has 4 aliphatic rings. The number of aryl methyl sites for hydroxylation is 2. The second kappa shape index (κ2) is 18.6. The van der Waals surface area contributed by atoms with Crippen molar-refractivity contribution in [2.24, 2.45) is 20.5 Å². The molecule has 0 radical (unpaired) electrons. The number of hydrogen-bond acceptors (Lipinski definition) is 14. The van der Waals surface area contributed by atoms with Gasteiger partial charge in [0.2, 0.25) is 11.6 Å². The fourth-order valence-electron chi connectivity index (χ4n) is 5.59. The van der Waals surface area contributed by atoms with Crippen LogP contribution in [0, 0.1) is 20.2 Å². The van der Waals surface area contributed by atoms with Crippen LogP contribution in [0.3, 0.4) is 0 Å². The maximum atomic E-state index is 12.2. The number of nitro groups is 2. The summed E-state index contributed by atoms with van der Waals surface area (Å²) in [5.74, 6) is -0.963. The first-order chi connectivity index (χ1) is 26.4. The van der Waals surface area contributed by atoms with Crippen molar-refractivity contribution in [3.63, 3.8) is 0 Å². The van der Waals surface area contributed by atoms with Crippen molar-refractivity contribution >= 4 is 113 Å². The Hall–Kier alpha value is -4.85. The van der Waals surface area contributed by atoms with Crippen LogP contribution < -0.4 is 0 Å². The predicted octanol–water partition coefficient (Wildman–Crippen LogP) is 6.00. The molecule has 2 aromatic carbocycles. The van der Waals surface area contributed by atoms with Crippen molar-refractivity contribution < 1.29 is 46.1 Å². The van der Waals surface area contributed by atoms with Gasteiger partial charge in [0, 0.05) is 52.2 Å². The van der Waals surface area contributed by atoms with Crippen molar-refractivity contribution in [1.29, 1.82) is 0 Å². The summed E-state index contributed by atoms with van der Waals surface area (Å²) in [4.78, 5) is 45.5. The molecule has 0 spiro atoms. The van der Waals surface area contributed by atoms with E-state index < -0.39 is 41.6 Å². The second-order valence-electron chi connectivity index (χ2n) is 11.7. The van der Waals surface area contributed by atoms with Crippen LogP contribution in [-0.4, -0.2) is 107 Å². The zero-order valence-corrected chi connectivity index (χ0v) is 35.9. The first-order valence-electron chi connectivity index (χ1n) is 16.2. The molecule has 0 saturated heterocycles. The van der Waals surface area contributed by atoms with Crippen LogP contribution >= 0.6 is 0 Å². The van der Waals surface area contributed by atoms with E-state index in [1.807, 2.05) is 0 Å². The van der Waals surface area contributed by atoms with E-state index in [9.17, 15) is 47.3 Å². The first-order valence-corrected chi connectivity index (χ1v) is 19.1. The van der Waals surface area contributed by atoms with E-state index in [1.165, 1.54) is 60.7 Å². The Balaban J connectivity index is 0.000000248. The quantitative estimate of drug-likeness (QED) is 0.101. The van der Waals surface area contributed by atoms with Crippen LogP contribution in [0.2, 0.25) is 0 Å². The van der Waals surface area contributed by atoms with Crippen LogP contribution in [0.25, 0.3) is 0 Å². The van der Waals surface area contributed by atoms with Crippen molar-refractivity contribution in [3.8, 4) is 0 Å². The van der Waals surface area contributed by atoms with Gasteiger partial charge in [-0.2, -0.15) is 0 Å². The number of azo groups is 2. The molecule has 0 saturated carbocycles. The molecule has 0 aromatic heterocycles. The van der Waals surface area contributed by atoms with E-state index in [2.05, 4.69) is 20.5 Å². The molecule has 21 heteroatoms. The topological polar surface area (TPSA) is 291 Å². The third kappa shape index (κ3) is 10.4. The molecule has 0 bridgehead atoms. The van der Waals surface area contributed by atoms with Gasteiger partial charge in [0.05, 0.1) is 9.85 Å². The number of nitro benzene ring substituents is 2. The van der Waals surface area contributed by atoms with Crippen molar-refractivity contribution in [1.82, 2.24) is 0 Å². The average molecular weight is 938 g/mol. The molecule has 2 unspecified atom stereocenters. The maximum Gasteiger partial charge on any atom is 2.00 e. The summed E-state index contributed by atoms with van der Waals surface area (Å²) in [7, 11) is -8.81. The third-order valence-corrected chi connectivity index (χ3v) is 9.99. The molecule has 0 fully saturated rings. The Bertz CT molecular complexity index is 2500. The molecule has 57 heavy (non-hydrogen) atoms. The number of carbonyl (C=O) groups excluding carboxylic acids is 2. The Morgan fingerprint density at radius 3 is 1.28 bits per heavy atom. The Labute approximate surface area is 365 Å². The van der Waals surface area contributed by atoms with Crippen LogP contribution in [-0.2, 0) is 42.6 Å². The standard InChI is InChI=1S/2C18H15N3O6S.Ba/c2*1-2-11-4-3-5-15(18(11)21(23)24)19-20-17-14-8-7-13(28(25,26)27)10-12(14)6-9-16(17)22;/h2*3-10H,2H2,1H3,(H2,25,26,27);/q;;+2/p-2. The molecular weight excluding hydrogens is 910 g/mol. The van der Waals surface area contributed by atoms with Gasteiger partial charge in [0.1, 0.15) is 11.4 Å². The van der Waals surface area contributed by atoms with Gasteiger partial charge >= 0.3 is 48.9 Å². The summed E-state index contributed by atoms with van der Waals surface area (Å²) >= 11 is 0. The van der Waals surface area contributed by atoms with Gasteiger partial charge in [-0.3, -0.25) is 38.2 Å². The van der Waals surface area contributed by atoms with Crippen molar-refractivity contribution in [2.75, 3.05) is 0 Å². The monoisotopic (exact) mass is 938 g/mol. The van der Waals surface area contributed by atoms with Crippen molar-refractivity contribution in [2.45, 2.75) is 26.7 Å². The number of fused-ring (bicyclic) bond motifs is 2. The molecule has 2 aromatic rings. The van der Waals surface area contributed by atoms with Gasteiger partial charge in [-0.1, -0.05) is 62.4 Å². The van der Waals surface area contributed by atoms with Crippen LogP contribution in [0.5, 0.6) is 0 Å². The fourth-order valence-corrected chi connectivity index (χ4v) is 6.62. The molecule has 4 aliphatic carbocycles. The normalized spacial score (nSPS) is 18.0. The number of carbonyl (C=O) groups is 2. The maximum absolute atomic E-state index is 12.2.